The number of alkyl halides is 3. The molecule has 1 aromatic heterocycles. The van der Waals surface area contributed by atoms with E-state index in [-0.39, 0.29) is 18.9 Å². The average Bonchev–Trinajstić information content (AvgIpc) is 3.06. The molecule has 0 atom stereocenters. The minimum atomic E-state index is -4.53. The molecule has 0 saturated heterocycles. The van der Waals surface area contributed by atoms with Gasteiger partial charge in [0.15, 0.2) is 5.69 Å². The fourth-order valence-corrected chi connectivity index (χ4v) is 1.90. The van der Waals surface area contributed by atoms with Crippen LogP contribution in [0.3, 0.4) is 0 Å². The van der Waals surface area contributed by atoms with Gasteiger partial charge in [-0.05, 0) is 24.6 Å². The van der Waals surface area contributed by atoms with Crippen LogP contribution < -0.4 is 4.74 Å². The summed E-state index contributed by atoms with van der Waals surface area (Å²) in [7, 11) is 2.51. The molecule has 0 unspecified atom stereocenters. The molecule has 0 saturated carbocycles. The van der Waals surface area contributed by atoms with Gasteiger partial charge >= 0.3 is 12.1 Å². The first-order chi connectivity index (χ1) is 11.8. The number of benzene rings is 1. The van der Waals surface area contributed by atoms with Gasteiger partial charge in [0.25, 0.3) is 0 Å². The molecule has 9 heteroatoms. The van der Waals surface area contributed by atoms with Crippen molar-refractivity contribution in [3.05, 3.63) is 53.7 Å². The summed E-state index contributed by atoms with van der Waals surface area (Å²) in [6.45, 7) is 1.71. The van der Waals surface area contributed by atoms with Gasteiger partial charge in [0.05, 0.1) is 19.9 Å². The first-order valence-corrected chi connectivity index (χ1v) is 6.99. The highest BCUT2D eigenvalue weighted by atomic mass is 19.4. The number of carbonyl (C=O) groups excluding carboxylic acids is 1. The van der Waals surface area contributed by atoms with Crippen molar-refractivity contribution >= 4 is 5.97 Å². The molecule has 0 aliphatic rings. The molecular weight excluding hydrogens is 353 g/mol. The Morgan fingerprint density at radius 3 is 2.46 bits per heavy atom. The second-order valence-corrected chi connectivity index (χ2v) is 4.90. The van der Waals surface area contributed by atoms with Crippen molar-refractivity contribution in [2.45, 2.75) is 20.5 Å². The number of aryl methyl sites for hydroxylation is 1. The van der Waals surface area contributed by atoms with Gasteiger partial charge in [0.2, 0.25) is 5.76 Å². The van der Waals surface area contributed by atoms with Gasteiger partial charge in [-0.2, -0.15) is 18.3 Å². The van der Waals surface area contributed by atoms with Gasteiger partial charge in [-0.1, -0.05) is 13.5 Å². The Labute approximate surface area is 148 Å². The molecule has 1 heterocycles. The quantitative estimate of drug-likeness (QED) is 0.453. The summed E-state index contributed by atoms with van der Waals surface area (Å²) >= 11 is 0. The molecule has 6 nitrogen and oxygen atoms in total. The van der Waals surface area contributed by atoms with Crippen molar-refractivity contribution in [2.24, 2.45) is 0 Å². The number of esters is 1. The van der Waals surface area contributed by atoms with Crippen LogP contribution in [0, 0.1) is 6.92 Å². The summed E-state index contributed by atoms with van der Waals surface area (Å²) in [6, 6.07) is 5.52. The lowest BCUT2D eigenvalue weighted by atomic mass is 10.2. The number of rotatable bonds is 5. The van der Waals surface area contributed by atoms with Crippen LogP contribution in [0.5, 0.6) is 5.75 Å². The number of hydrogen-bond acceptors (Lipinski definition) is 5. The van der Waals surface area contributed by atoms with E-state index < -0.39 is 17.8 Å². The fourth-order valence-electron chi connectivity index (χ4n) is 1.90. The SMILES string of the molecule is C.CO/C=C(\Oc1cc(-n2ccc(C(F)(F)F)n2)ccc1C)C(=O)OC. The number of ether oxygens (including phenoxy) is 3. The molecule has 0 aliphatic carbocycles. The maximum atomic E-state index is 12.7. The Kier molecular flexibility index (Phi) is 6.82. The van der Waals surface area contributed by atoms with Crippen molar-refractivity contribution in [1.82, 2.24) is 9.78 Å². The maximum Gasteiger partial charge on any atom is 0.435 e. The summed E-state index contributed by atoms with van der Waals surface area (Å²) in [5.74, 6) is -0.720. The lowest BCUT2D eigenvalue weighted by Crippen LogP contribution is -2.12. The highest BCUT2D eigenvalue weighted by Gasteiger charge is 2.33. The summed E-state index contributed by atoms with van der Waals surface area (Å²) in [5.41, 5.74) is -0.0272. The van der Waals surface area contributed by atoms with Crippen LogP contribution >= 0.6 is 0 Å². The van der Waals surface area contributed by atoms with Gasteiger partial charge < -0.3 is 14.2 Å². The van der Waals surface area contributed by atoms with E-state index in [1.54, 1.807) is 19.1 Å². The monoisotopic (exact) mass is 372 g/mol. The minimum Gasteiger partial charge on any atom is -0.500 e. The Morgan fingerprint density at radius 2 is 1.92 bits per heavy atom. The standard InChI is InChI=1S/C16H15F3N2O4.CH4/c1-10-4-5-11(21-7-6-14(20-21)16(17,18)19)8-12(10)25-13(9-23-2)15(22)24-3;/h4-9H,1-3H3;1H4/b13-9-;. The van der Waals surface area contributed by atoms with Crippen molar-refractivity contribution in [1.29, 1.82) is 0 Å². The summed E-state index contributed by atoms with van der Waals surface area (Å²) in [5, 5.41) is 3.49. The van der Waals surface area contributed by atoms with E-state index >= 15 is 0 Å². The smallest absolute Gasteiger partial charge is 0.435 e. The largest absolute Gasteiger partial charge is 0.500 e. The second kappa shape index (κ2) is 8.41. The van der Waals surface area contributed by atoms with Crippen molar-refractivity contribution in [2.75, 3.05) is 14.2 Å². The van der Waals surface area contributed by atoms with Crippen molar-refractivity contribution in [3.63, 3.8) is 0 Å². The van der Waals surface area contributed by atoms with E-state index in [4.69, 9.17) is 9.47 Å². The fraction of sp³-hybridized carbons (Fsp3) is 0.294. The van der Waals surface area contributed by atoms with Crippen LogP contribution in [0.25, 0.3) is 5.69 Å². The Balaban J connectivity index is 0.00000338. The maximum absolute atomic E-state index is 12.7. The zero-order valence-electron chi connectivity index (χ0n) is 13.6. The van der Waals surface area contributed by atoms with Gasteiger partial charge in [-0.25, -0.2) is 9.48 Å². The van der Waals surface area contributed by atoms with Gasteiger partial charge in [0, 0.05) is 12.3 Å². The predicted molar refractivity (Wildman–Crippen MR) is 87.8 cm³/mol. The van der Waals surface area contributed by atoms with Crippen LogP contribution in [0.2, 0.25) is 0 Å². The Morgan fingerprint density at radius 1 is 1.23 bits per heavy atom. The third kappa shape index (κ3) is 4.78. The van der Waals surface area contributed by atoms with E-state index in [0.29, 0.717) is 11.3 Å². The molecule has 2 rings (SSSR count). The number of hydrogen-bond donors (Lipinski definition) is 0. The molecule has 2 aromatic rings. The first kappa shape index (κ1) is 21.1. The van der Waals surface area contributed by atoms with Gasteiger partial charge in [-0.3, -0.25) is 0 Å². The lowest BCUT2D eigenvalue weighted by Gasteiger charge is -2.12. The first-order valence-electron chi connectivity index (χ1n) is 6.99. The van der Waals surface area contributed by atoms with Crippen LogP contribution in [0.1, 0.15) is 18.7 Å². The number of nitrogens with zero attached hydrogens (tertiary/aromatic N) is 2. The molecule has 1 aromatic carbocycles. The number of halogens is 3. The van der Waals surface area contributed by atoms with Crippen molar-refractivity contribution in [3.8, 4) is 11.4 Å². The molecule has 142 valence electrons. The number of aromatic nitrogens is 2. The third-order valence-corrected chi connectivity index (χ3v) is 3.15. The molecule has 0 aliphatic heterocycles. The normalized spacial score (nSPS) is 11.5. The average molecular weight is 372 g/mol. The van der Waals surface area contributed by atoms with E-state index in [1.165, 1.54) is 26.5 Å². The van der Waals surface area contributed by atoms with Crippen LogP contribution in [0.15, 0.2) is 42.5 Å². The molecular formula is C17H19F3N2O4. The summed E-state index contributed by atoms with van der Waals surface area (Å²) < 4.78 is 53.9. The van der Waals surface area contributed by atoms with Gasteiger partial charge in [0.1, 0.15) is 12.0 Å². The molecule has 0 bridgehead atoms. The topological polar surface area (TPSA) is 62.6 Å². The van der Waals surface area contributed by atoms with E-state index in [2.05, 4.69) is 9.84 Å². The van der Waals surface area contributed by atoms with Crippen LogP contribution in [0.4, 0.5) is 13.2 Å². The van der Waals surface area contributed by atoms with Crippen LogP contribution in [-0.4, -0.2) is 30.0 Å². The molecule has 0 radical (unpaired) electrons. The molecule has 0 fully saturated rings. The van der Waals surface area contributed by atoms with E-state index in [0.717, 1.165) is 17.0 Å². The van der Waals surface area contributed by atoms with E-state index in [1.807, 2.05) is 0 Å². The minimum absolute atomic E-state index is 0. The zero-order chi connectivity index (χ0) is 18.6. The Hall–Kier alpha value is -2.97. The van der Waals surface area contributed by atoms with Crippen LogP contribution in [-0.2, 0) is 20.4 Å². The lowest BCUT2D eigenvalue weighted by molar-refractivity contribution is -0.141. The molecule has 0 N–H and O–H groups in total. The summed E-state index contributed by atoms with van der Waals surface area (Å²) in [6.07, 6.45) is -2.29. The second-order valence-electron chi connectivity index (χ2n) is 4.90. The van der Waals surface area contributed by atoms with Gasteiger partial charge in [-0.15, -0.1) is 0 Å². The predicted octanol–water partition coefficient (Wildman–Crippen LogP) is 3.88. The number of methoxy groups -OCH3 is 2. The molecule has 0 amide bonds. The molecule has 26 heavy (non-hydrogen) atoms. The number of carbonyl (C=O) groups is 1. The zero-order valence-corrected chi connectivity index (χ0v) is 13.6. The third-order valence-electron chi connectivity index (χ3n) is 3.15. The van der Waals surface area contributed by atoms with Crippen molar-refractivity contribution < 1.29 is 32.2 Å². The molecule has 0 spiro atoms. The highest BCUT2D eigenvalue weighted by Crippen LogP contribution is 2.29. The van der Waals surface area contributed by atoms with E-state index in [9.17, 15) is 18.0 Å². The highest BCUT2D eigenvalue weighted by molar-refractivity contribution is 5.86. The summed E-state index contributed by atoms with van der Waals surface area (Å²) in [4.78, 5) is 11.6. The Bertz CT molecular complexity index is 798.